The van der Waals surface area contributed by atoms with E-state index in [1.54, 1.807) is 0 Å². The highest BCUT2D eigenvalue weighted by Gasteiger charge is 2.29. The highest BCUT2D eigenvalue weighted by atomic mass is 19.4. The van der Waals surface area contributed by atoms with Crippen molar-refractivity contribution in [2.45, 2.75) is 32.4 Å². The summed E-state index contributed by atoms with van der Waals surface area (Å²) in [7, 11) is 0. The van der Waals surface area contributed by atoms with Crippen molar-refractivity contribution >= 4 is 0 Å². The molecule has 0 radical (unpaired) electrons. The molecule has 0 aliphatic rings. The molecule has 2 nitrogen and oxygen atoms in total. The van der Waals surface area contributed by atoms with E-state index in [9.17, 15) is 13.2 Å². The average molecular weight is 275 g/mol. The van der Waals surface area contributed by atoms with Gasteiger partial charge in [-0.05, 0) is 37.2 Å². The standard InChI is InChI=1S/C14H20F3NO/c1-2-3-4-9-18-10-11-19-13-7-5-12(6-8-13)14(15,16)17/h5-8,18H,2-4,9-11H2,1H3. The lowest BCUT2D eigenvalue weighted by Crippen LogP contribution is -2.22. The zero-order chi connectivity index (χ0) is 14.1. The number of rotatable bonds is 8. The summed E-state index contributed by atoms with van der Waals surface area (Å²) in [6, 6.07) is 4.76. The van der Waals surface area contributed by atoms with E-state index < -0.39 is 11.7 Å². The summed E-state index contributed by atoms with van der Waals surface area (Å²) in [5, 5.41) is 3.22. The minimum absolute atomic E-state index is 0.456. The van der Waals surface area contributed by atoms with E-state index in [0.29, 0.717) is 18.9 Å². The van der Waals surface area contributed by atoms with Gasteiger partial charge in [-0.3, -0.25) is 0 Å². The van der Waals surface area contributed by atoms with Crippen molar-refractivity contribution in [2.75, 3.05) is 19.7 Å². The number of hydrogen-bond donors (Lipinski definition) is 1. The first-order valence-corrected chi connectivity index (χ1v) is 6.55. The number of hydrogen-bond acceptors (Lipinski definition) is 2. The number of benzene rings is 1. The van der Waals surface area contributed by atoms with Gasteiger partial charge in [0, 0.05) is 6.54 Å². The topological polar surface area (TPSA) is 21.3 Å². The van der Waals surface area contributed by atoms with Crippen molar-refractivity contribution in [1.29, 1.82) is 0 Å². The quantitative estimate of drug-likeness (QED) is 0.727. The number of unbranched alkanes of at least 4 members (excludes halogenated alkanes) is 2. The Morgan fingerprint density at radius 2 is 1.74 bits per heavy atom. The van der Waals surface area contributed by atoms with Crippen LogP contribution in [-0.2, 0) is 6.18 Å². The first-order valence-electron chi connectivity index (χ1n) is 6.55. The molecular weight excluding hydrogens is 255 g/mol. The summed E-state index contributed by atoms with van der Waals surface area (Å²) in [5.74, 6) is 0.461. The molecule has 0 bridgehead atoms. The van der Waals surface area contributed by atoms with Crippen molar-refractivity contribution in [2.24, 2.45) is 0 Å². The molecule has 0 aliphatic carbocycles. The molecule has 0 saturated heterocycles. The van der Waals surface area contributed by atoms with Gasteiger partial charge in [-0.1, -0.05) is 19.8 Å². The van der Waals surface area contributed by atoms with E-state index >= 15 is 0 Å². The predicted octanol–water partition coefficient (Wildman–Crippen LogP) is 3.86. The molecule has 108 valence electrons. The zero-order valence-corrected chi connectivity index (χ0v) is 11.1. The fraction of sp³-hybridized carbons (Fsp3) is 0.571. The highest BCUT2D eigenvalue weighted by molar-refractivity contribution is 5.28. The Morgan fingerprint density at radius 3 is 2.32 bits per heavy atom. The molecule has 0 atom stereocenters. The van der Waals surface area contributed by atoms with Crippen LogP contribution in [0.3, 0.4) is 0 Å². The van der Waals surface area contributed by atoms with Crippen LogP contribution in [0.1, 0.15) is 31.7 Å². The van der Waals surface area contributed by atoms with Gasteiger partial charge in [0.05, 0.1) is 5.56 Å². The van der Waals surface area contributed by atoms with Crippen LogP contribution in [-0.4, -0.2) is 19.7 Å². The molecule has 19 heavy (non-hydrogen) atoms. The molecule has 0 heterocycles. The van der Waals surface area contributed by atoms with E-state index in [1.165, 1.54) is 25.0 Å². The summed E-state index contributed by atoms with van der Waals surface area (Å²) < 4.78 is 42.3. The van der Waals surface area contributed by atoms with Crippen LogP contribution in [0.15, 0.2) is 24.3 Å². The first-order chi connectivity index (χ1) is 9.04. The smallest absolute Gasteiger partial charge is 0.416 e. The van der Waals surface area contributed by atoms with Crippen LogP contribution in [0.2, 0.25) is 0 Å². The van der Waals surface area contributed by atoms with Gasteiger partial charge in [-0.15, -0.1) is 0 Å². The molecule has 0 spiro atoms. The molecule has 1 aromatic rings. The maximum Gasteiger partial charge on any atom is 0.416 e. The molecule has 1 aromatic carbocycles. The Labute approximate surface area is 112 Å². The molecular formula is C14H20F3NO. The first kappa shape index (κ1) is 15.8. The Kier molecular flexibility index (Phi) is 6.70. The fourth-order valence-electron chi connectivity index (χ4n) is 1.61. The summed E-state index contributed by atoms with van der Waals surface area (Å²) in [5.41, 5.74) is -0.655. The van der Waals surface area contributed by atoms with Gasteiger partial charge in [0.25, 0.3) is 0 Å². The number of ether oxygens (including phenoxy) is 1. The molecule has 0 amide bonds. The molecule has 5 heteroatoms. The van der Waals surface area contributed by atoms with E-state index in [0.717, 1.165) is 25.1 Å². The second-order valence-corrected chi connectivity index (χ2v) is 4.33. The summed E-state index contributed by atoms with van der Waals surface area (Å²) >= 11 is 0. The Balaban J connectivity index is 2.20. The minimum atomic E-state index is -4.29. The van der Waals surface area contributed by atoms with Gasteiger partial charge < -0.3 is 10.1 Å². The molecule has 1 N–H and O–H groups in total. The SMILES string of the molecule is CCCCCNCCOc1ccc(C(F)(F)F)cc1. The van der Waals surface area contributed by atoms with Crippen LogP contribution >= 0.6 is 0 Å². The van der Waals surface area contributed by atoms with Gasteiger partial charge in [0.1, 0.15) is 12.4 Å². The molecule has 0 unspecified atom stereocenters. The normalized spacial score (nSPS) is 11.6. The monoisotopic (exact) mass is 275 g/mol. The van der Waals surface area contributed by atoms with Gasteiger partial charge in [0.2, 0.25) is 0 Å². The maximum atomic E-state index is 12.3. The van der Waals surface area contributed by atoms with Gasteiger partial charge in [0.15, 0.2) is 0 Å². The number of halogens is 3. The van der Waals surface area contributed by atoms with Crippen molar-refractivity contribution < 1.29 is 17.9 Å². The summed E-state index contributed by atoms with van der Waals surface area (Å²) in [4.78, 5) is 0. The maximum absolute atomic E-state index is 12.3. The second kappa shape index (κ2) is 8.04. The Morgan fingerprint density at radius 1 is 1.05 bits per heavy atom. The van der Waals surface area contributed by atoms with E-state index in [2.05, 4.69) is 12.2 Å². The Hall–Kier alpha value is -1.23. The van der Waals surface area contributed by atoms with Crippen LogP contribution < -0.4 is 10.1 Å². The molecule has 1 rings (SSSR count). The van der Waals surface area contributed by atoms with Crippen molar-refractivity contribution in [3.05, 3.63) is 29.8 Å². The lowest BCUT2D eigenvalue weighted by atomic mass is 10.2. The number of alkyl halides is 3. The fourth-order valence-corrected chi connectivity index (χ4v) is 1.61. The van der Waals surface area contributed by atoms with Crippen molar-refractivity contribution in [1.82, 2.24) is 5.32 Å². The van der Waals surface area contributed by atoms with Crippen LogP contribution in [0, 0.1) is 0 Å². The third-order valence-corrected chi connectivity index (χ3v) is 2.69. The summed E-state index contributed by atoms with van der Waals surface area (Å²) in [6.45, 7) is 4.25. The van der Waals surface area contributed by atoms with E-state index in [1.807, 2.05) is 0 Å². The third-order valence-electron chi connectivity index (χ3n) is 2.69. The van der Waals surface area contributed by atoms with Gasteiger partial charge >= 0.3 is 6.18 Å². The lowest BCUT2D eigenvalue weighted by Gasteiger charge is -2.09. The van der Waals surface area contributed by atoms with Crippen LogP contribution in [0.5, 0.6) is 5.75 Å². The van der Waals surface area contributed by atoms with Gasteiger partial charge in [-0.25, -0.2) is 0 Å². The minimum Gasteiger partial charge on any atom is -0.492 e. The van der Waals surface area contributed by atoms with Crippen LogP contribution in [0.25, 0.3) is 0 Å². The third kappa shape index (κ3) is 6.47. The van der Waals surface area contributed by atoms with Crippen molar-refractivity contribution in [3.63, 3.8) is 0 Å². The number of nitrogens with one attached hydrogen (secondary N) is 1. The molecule has 0 aliphatic heterocycles. The zero-order valence-electron chi connectivity index (χ0n) is 11.1. The Bertz CT molecular complexity index is 349. The summed E-state index contributed by atoms with van der Waals surface area (Å²) in [6.07, 6.45) is -0.771. The highest BCUT2D eigenvalue weighted by Crippen LogP contribution is 2.30. The second-order valence-electron chi connectivity index (χ2n) is 4.33. The van der Waals surface area contributed by atoms with Crippen LogP contribution in [0.4, 0.5) is 13.2 Å². The molecule has 0 aromatic heterocycles. The largest absolute Gasteiger partial charge is 0.492 e. The van der Waals surface area contributed by atoms with Crippen molar-refractivity contribution in [3.8, 4) is 5.75 Å². The molecule has 0 saturated carbocycles. The van der Waals surface area contributed by atoms with E-state index in [4.69, 9.17) is 4.74 Å². The predicted molar refractivity (Wildman–Crippen MR) is 69.3 cm³/mol. The average Bonchev–Trinajstić information content (AvgIpc) is 2.37. The molecule has 0 fully saturated rings. The lowest BCUT2D eigenvalue weighted by molar-refractivity contribution is -0.137. The van der Waals surface area contributed by atoms with E-state index in [-0.39, 0.29) is 0 Å². The van der Waals surface area contributed by atoms with Gasteiger partial charge in [-0.2, -0.15) is 13.2 Å².